The Labute approximate surface area is 85.8 Å². The van der Waals surface area contributed by atoms with Crippen molar-refractivity contribution in [3.05, 3.63) is 34.6 Å². The van der Waals surface area contributed by atoms with Crippen molar-refractivity contribution in [2.24, 2.45) is 0 Å². The molecule has 0 aromatic carbocycles. The number of nitrogens with zero attached hydrogens (tertiary/aromatic N) is 3. The van der Waals surface area contributed by atoms with Gasteiger partial charge < -0.3 is 5.32 Å². The quantitative estimate of drug-likeness (QED) is 0.673. The molecular weight excluding hydrogens is 192 g/mol. The van der Waals surface area contributed by atoms with Crippen LogP contribution in [0.3, 0.4) is 0 Å². The lowest BCUT2D eigenvalue weighted by molar-refractivity contribution is 0.778. The molecule has 0 fully saturated rings. The van der Waals surface area contributed by atoms with Crippen LogP contribution in [0.1, 0.15) is 12.1 Å². The molecule has 1 aliphatic heterocycles. The zero-order valence-electron chi connectivity index (χ0n) is 8.10. The van der Waals surface area contributed by atoms with Crippen molar-refractivity contribution in [2.75, 3.05) is 11.9 Å². The number of hydrogen-bond acceptors (Lipinski definition) is 4. The second-order valence-corrected chi connectivity index (χ2v) is 3.56. The molecule has 0 spiro atoms. The minimum absolute atomic E-state index is 0.249. The average molecular weight is 202 g/mol. The van der Waals surface area contributed by atoms with E-state index in [0.29, 0.717) is 5.65 Å². The highest BCUT2D eigenvalue weighted by Crippen LogP contribution is 2.21. The van der Waals surface area contributed by atoms with Crippen molar-refractivity contribution in [2.45, 2.75) is 12.8 Å². The highest BCUT2D eigenvalue weighted by atomic mass is 16.1. The second kappa shape index (κ2) is 3.05. The van der Waals surface area contributed by atoms with Gasteiger partial charge in [0, 0.05) is 18.9 Å². The van der Waals surface area contributed by atoms with Crippen molar-refractivity contribution in [3.8, 4) is 0 Å². The maximum Gasteiger partial charge on any atom is 0.353 e. The lowest BCUT2D eigenvalue weighted by Gasteiger charge is -2.17. The van der Waals surface area contributed by atoms with Crippen LogP contribution in [0.25, 0.3) is 5.65 Å². The van der Waals surface area contributed by atoms with E-state index < -0.39 is 0 Å². The third-order valence-electron chi connectivity index (χ3n) is 2.59. The standard InChI is InChI=1S/C10H10N4O/c15-10-13-7-3-1-4-11-8(7)9-12-5-2-6-14(9)10/h2,5-6,11H,1,3-4H2. The normalized spacial score (nSPS) is 14.7. The van der Waals surface area contributed by atoms with Gasteiger partial charge in [0.05, 0.1) is 5.69 Å². The number of aryl methyl sites for hydroxylation is 1. The topological polar surface area (TPSA) is 59.3 Å². The van der Waals surface area contributed by atoms with Gasteiger partial charge in [0.25, 0.3) is 0 Å². The van der Waals surface area contributed by atoms with Crippen LogP contribution in [0.2, 0.25) is 0 Å². The predicted octanol–water partition coefficient (Wildman–Crippen LogP) is 0.448. The van der Waals surface area contributed by atoms with Gasteiger partial charge in [-0.15, -0.1) is 0 Å². The molecule has 1 aliphatic rings. The summed E-state index contributed by atoms with van der Waals surface area (Å²) in [5.74, 6) is 0. The number of nitrogens with one attached hydrogen (secondary N) is 1. The molecule has 5 heteroatoms. The van der Waals surface area contributed by atoms with Crippen LogP contribution in [-0.4, -0.2) is 20.9 Å². The van der Waals surface area contributed by atoms with Crippen molar-refractivity contribution in [3.63, 3.8) is 0 Å². The average Bonchev–Trinajstić information content (AvgIpc) is 2.30. The summed E-state index contributed by atoms with van der Waals surface area (Å²) in [6.45, 7) is 0.916. The number of anilines is 1. The molecule has 3 heterocycles. The fraction of sp³-hybridized carbons (Fsp3) is 0.300. The van der Waals surface area contributed by atoms with Gasteiger partial charge in [-0.3, -0.25) is 0 Å². The number of fused-ring (bicyclic) bond motifs is 3. The molecule has 76 valence electrons. The minimum Gasteiger partial charge on any atom is -0.381 e. The lowest BCUT2D eigenvalue weighted by Crippen LogP contribution is -2.25. The Morgan fingerprint density at radius 3 is 3.33 bits per heavy atom. The van der Waals surface area contributed by atoms with E-state index in [9.17, 15) is 4.79 Å². The Bertz CT molecular complexity index is 575. The molecule has 0 saturated carbocycles. The Kier molecular flexibility index (Phi) is 1.71. The molecular formula is C10H10N4O. The highest BCUT2D eigenvalue weighted by Gasteiger charge is 2.15. The van der Waals surface area contributed by atoms with E-state index in [1.165, 1.54) is 4.40 Å². The van der Waals surface area contributed by atoms with Crippen LogP contribution < -0.4 is 11.0 Å². The zero-order chi connectivity index (χ0) is 10.3. The van der Waals surface area contributed by atoms with Gasteiger partial charge in [-0.2, -0.15) is 4.98 Å². The van der Waals surface area contributed by atoms with Gasteiger partial charge in [-0.05, 0) is 18.9 Å². The van der Waals surface area contributed by atoms with E-state index in [-0.39, 0.29) is 5.69 Å². The van der Waals surface area contributed by atoms with Gasteiger partial charge in [-0.1, -0.05) is 0 Å². The van der Waals surface area contributed by atoms with Crippen molar-refractivity contribution in [1.82, 2.24) is 14.4 Å². The van der Waals surface area contributed by atoms with Crippen LogP contribution in [0.4, 0.5) is 5.69 Å². The molecule has 15 heavy (non-hydrogen) atoms. The SMILES string of the molecule is O=c1nc2c(c3ncccn13)NCCC2. The summed E-state index contributed by atoms with van der Waals surface area (Å²) in [4.78, 5) is 19.9. The molecule has 5 nitrogen and oxygen atoms in total. The Hall–Kier alpha value is -1.91. The molecule has 2 aromatic rings. The maximum atomic E-state index is 11.6. The monoisotopic (exact) mass is 202 g/mol. The summed E-state index contributed by atoms with van der Waals surface area (Å²) < 4.78 is 1.47. The summed E-state index contributed by atoms with van der Waals surface area (Å²) in [6.07, 6.45) is 5.24. The second-order valence-electron chi connectivity index (χ2n) is 3.56. The van der Waals surface area contributed by atoms with Crippen molar-refractivity contribution >= 4 is 11.3 Å². The maximum absolute atomic E-state index is 11.6. The molecule has 0 radical (unpaired) electrons. The molecule has 0 atom stereocenters. The van der Waals surface area contributed by atoms with E-state index in [4.69, 9.17) is 0 Å². The molecule has 0 bridgehead atoms. The zero-order valence-corrected chi connectivity index (χ0v) is 8.10. The third kappa shape index (κ3) is 1.20. The van der Waals surface area contributed by atoms with Crippen LogP contribution in [0.15, 0.2) is 23.3 Å². The first-order valence-electron chi connectivity index (χ1n) is 4.96. The molecule has 0 unspecified atom stereocenters. The number of rotatable bonds is 0. The molecule has 0 amide bonds. The van der Waals surface area contributed by atoms with Gasteiger partial charge in [0.2, 0.25) is 0 Å². The van der Waals surface area contributed by atoms with Crippen LogP contribution in [0, 0.1) is 0 Å². The van der Waals surface area contributed by atoms with Crippen LogP contribution >= 0.6 is 0 Å². The van der Waals surface area contributed by atoms with E-state index in [1.807, 2.05) is 0 Å². The lowest BCUT2D eigenvalue weighted by atomic mass is 10.1. The molecule has 0 saturated heterocycles. The first-order chi connectivity index (χ1) is 7.36. The first-order valence-corrected chi connectivity index (χ1v) is 4.96. The van der Waals surface area contributed by atoms with Crippen LogP contribution in [0.5, 0.6) is 0 Å². The van der Waals surface area contributed by atoms with Crippen molar-refractivity contribution < 1.29 is 0 Å². The predicted molar refractivity (Wildman–Crippen MR) is 56.1 cm³/mol. The van der Waals surface area contributed by atoms with Crippen LogP contribution in [-0.2, 0) is 6.42 Å². The fourth-order valence-electron chi connectivity index (χ4n) is 1.90. The summed E-state index contributed by atoms with van der Waals surface area (Å²) >= 11 is 0. The third-order valence-corrected chi connectivity index (χ3v) is 2.59. The fourth-order valence-corrected chi connectivity index (χ4v) is 1.90. The summed E-state index contributed by atoms with van der Waals surface area (Å²) in [7, 11) is 0. The Morgan fingerprint density at radius 2 is 2.40 bits per heavy atom. The van der Waals surface area contributed by atoms with E-state index in [0.717, 1.165) is 30.8 Å². The molecule has 3 rings (SSSR count). The Morgan fingerprint density at radius 1 is 1.47 bits per heavy atom. The summed E-state index contributed by atoms with van der Waals surface area (Å²) in [6, 6.07) is 1.73. The smallest absolute Gasteiger partial charge is 0.353 e. The van der Waals surface area contributed by atoms with Gasteiger partial charge in [0.1, 0.15) is 5.69 Å². The van der Waals surface area contributed by atoms with E-state index in [2.05, 4.69) is 15.3 Å². The minimum atomic E-state index is -0.249. The van der Waals surface area contributed by atoms with Crippen molar-refractivity contribution in [1.29, 1.82) is 0 Å². The first kappa shape index (κ1) is 8.40. The highest BCUT2D eigenvalue weighted by molar-refractivity contribution is 5.70. The van der Waals surface area contributed by atoms with Gasteiger partial charge in [0.15, 0.2) is 5.65 Å². The number of aromatic nitrogens is 3. The van der Waals surface area contributed by atoms with Gasteiger partial charge >= 0.3 is 5.69 Å². The largest absolute Gasteiger partial charge is 0.381 e. The van der Waals surface area contributed by atoms with Gasteiger partial charge in [-0.25, -0.2) is 14.2 Å². The summed E-state index contributed by atoms with van der Waals surface area (Å²) in [5.41, 5.74) is 2.17. The molecule has 0 aliphatic carbocycles. The Balaban J connectivity index is 2.45. The number of hydrogen-bond donors (Lipinski definition) is 1. The molecule has 2 aromatic heterocycles. The van der Waals surface area contributed by atoms with E-state index >= 15 is 0 Å². The molecule has 1 N–H and O–H groups in total. The summed E-state index contributed by atoms with van der Waals surface area (Å²) in [5, 5.41) is 3.25. The van der Waals surface area contributed by atoms with E-state index in [1.54, 1.807) is 18.5 Å².